The summed E-state index contributed by atoms with van der Waals surface area (Å²) in [5.74, 6) is 0. The predicted octanol–water partition coefficient (Wildman–Crippen LogP) is 2.56. The Hall–Kier alpha value is -0.550. The molecule has 13 heavy (non-hydrogen) atoms. The minimum absolute atomic E-state index is 0.736. The molecule has 1 rings (SSSR count). The van der Waals surface area contributed by atoms with Gasteiger partial charge in [0.2, 0.25) is 0 Å². The Morgan fingerprint density at radius 2 is 1.77 bits per heavy atom. The first kappa shape index (κ1) is 10.5. The zero-order valence-corrected chi connectivity index (χ0v) is 8.47. The van der Waals surface area contributed by atoms with Crippen LogP contribution in [-0.4, -0.2) is 24.5 Å². The largest absolute Gasteiger partial charge is 0.303 e. The molecule has 0 amide bonds. The SMILES string of the molecule is N#CCCCCCN1CCCCC1. The van der Waals surface area contributed by atoms with Gasteiger partial charge in [0.05, 0.1) is 6.07 Å². The molecular weight excluding hydrogens is 160 g/mol. The minimum Gasteiger partial charge on any atom is -0.303 e. The lowest BCUT2D eigenvalue weighted by molar-refractivity contribution is 0.224. The molecule has 1 heterocycles. The molecule has 0 aliphatic carbocycles. The molecule has 0 aromatic heterocycles. The molecule has 1 fully saturated rings. The number of nitriles is 1. The number of likely N-dealkylation sites (tertiary alicyclic amines) is 1. The zero-order valence-electron chi connectivity index (χ0n) is 8.47. The minimum atomic E-state index is 0.736. The summed E-state index contributed by atoms with van der Waals surface area (Å²) in [6.07, 6.45) is 8.53. The number of unbranched alkanes of at least 4 members (excludes halogenated alkanes) is 3. The highest BCUT2D eigenvalue weighted by Crippen LogP contribution is 2.10. The van der Waals surface area contributed by atoms with E-state index in [1.165, 1.54) is 51.7 Å². The monoisotopic (exact) mass is 180 g/mol. The van der Waals surface area contributed by atoms with Gasteiger partial charge >= 0.3 is 0 Å². The second-order valence-corrected chi connectivity index (χ2v) is 3.87. The average Bonchev–Trinajstić information content (AvgIpc) is 2.19. The summed E-state index contributed by atoms with van der Waals surface area (Å²) < 4.78 is 0. The molecular formula is C11H20N2. The summed E-state index contributed by atoms with van der Waals surface area (Å²) in [6.45, 7) is 3.86. The second kappa shape index (κ2) is 6.91. The number of hydrogen-bond acceptors (Lipinski definition) is 2. The first-order chi connectivity index (χ1) is 6.43. The van der Waals surface area contributed by atoms with Crippen LogP contribution in [-0.2, 0) is 0 Å². The lowest BCUT2D eigenvalue weighted by atomic mass is 10.1. The van der Waals surface area contributed by atoms with E-state index in [4.69, 9.17) is 5.26 Å². The van der Waals surface area contributed by atoms with Crippen LogP contribution < -0.4 is 0 Å². The van der Waals surface area contributed by atoms with Crippen molar-refractivity contribution in [2.24, 2.45) is 0 Å². The molecule has 0 aromatic rings. The van der Waals surface area contributed by atoms with Gasteiger partial charge in [-0.1, -0.05) is 12.8 Å². The highest BCUT2D eigenvalue weighted by Gasteiger charge is 2.08. The zero-order chi connectivity index (χ0) is 9.36. The van der Waals surface area contributed by atoms with Crippen LogP contribution in [0.1, 0.15) is 44.9 Å². The van der Waals surface area contributed by atoms with Gasteiger partial charge in [-0.05, 0) is 45.3 Å². The fourth-order valence-corrected chi connectivity index (χ4v) is 1.90. The number of nitrogens with zero attached hydrogens (tertiary/aromatic N) is 2. The summed E-state index contributed by atoms with van der Waals surface area (Å²) >= 11 is 0. The third kappa shape index (κ3) is 4.90. The normalized spacial score (nSPS) is 18.4. The van der Waals surface area contributed by atoms with E-state index in [0.717, 1.165) is 12.8 Å². The van der Waals surface area contributed by atoms with Crippen molar-refractivity contribution >= 4 is 0 Å². The lowest BCUT2D eigenvalue weighted by Crippen LogP contribution is -2.30. The van der Waals surface area contributed by atoms with Crippen LogP contribution in [0.4, 0.5) is 0 Å². The van der Waals surface area contributed by atoms with Gasteiger partial charge in [0.25, 0.3) is 0 Å². The Balaban J connectivity index is 1.90. The standard InChI is InChI=1S/C11H20N2/c12-8-4-1-2-5-9-13-10-6-3-7-11-13/h1-7,9-11H2. The van der Waals surface area contributed by atoms with Crippen LogP contribution >= 0.6 is 0 Å². The Morgan fingerprint density at radius 3 is 2.46 bits per heavy atom. The highest BCUT2D eigenvalue weighted by atomic mass is 15.1. The third-order valence-corrected chi connectivity index (χ3v) is 2.71. The van der Waals surface area contributed by atoms with Crippen LogP contribution in [0.15, 0.2) is 0 Å². The number of piperidine rings is 1. The van der Waals surface area contributed by atoms with E-state index in [-0.39, 0.29) is 0 Å². The molecule has 0 N–H and O–H groups in total. The van der Waals surface area contributed by atoms with Gasteiger partial charge in [-0.15, -0.1) is 0 Å². The van der Waals surface area contributed by atoms with Crippen molar-refractivity contribution in [1.82, 2.24) is 4.90 Å². The Morgan fingerprint density at radius 1 is 1.00 bits per heavy atom. The molecule has 0 radical (unpaired) electrons. The van der Waals surface area contributed by atoms with Crippen molar-refractivity contribution in [2.75, 3.05) is 19.6 Å². The van der Waals surface area contributed by atoms with Crippen LogP contribution in [0.3, 0.4) is 0 Å². The van der Waals surface area contributed by atoms with E-state index in [1.54, 1.807) is 0 Å². The summed E-state index contributed by atoms with van der Waals surface area (Å²) in [5.41, 5.74) is 0. The molecule has 0 atom stereocenters. The first-order valence-electron chi connectivity index (χ1n) is 5.53. The van der Waals surface area contributed by atoms with Crippen LogP contribution in [0.2, 0.25) is 0 Å². The van der Waals surface area contributed by atoms with Gasteiger partial charge in [-0.25, -0.2) is 0 Å². The molecule has 1 aliphatic rings. The van der Waals surface area contributed by atoms with Gasteiger partial charge in [-0.2, -0.15) is 5.26 Å². The predicted molar refractivity (Wildman–Crippen MR) is 54.4 cm³/mol. The second-order valence-electron chi connectivity index (χ2n) is 3.87. The Bertz CT molecular complexity index is 154. The van der Waals surface area contributed by atoms with E-state index in [9.17, 15) is 0 Å². The third-order valence-electron chi connectivity index (χ3n) is 2.71. The van der Waals surface area contributed by atoms with E-state index in [1.807, 2.05) is 0 Å². The molecule has 0 unspecified atom stereocenters. The number of hydrogen-bond donors (Lipinski definition) is 0. The smallest absolute Gasteiger partial charge is 0.0621 e. The van der Waals surface area contributed by atoms with Gasteiger partial charge in [0.1, 0.15) is 0 Å². The van der Waals surface area contributed by atoms with E-state index in [0.29, 0.717) is 0 Å². The average molecular weight is 180 g/mol. The summed E-state index contributed by atoms with van der Waals surface area (Å²) in [7, 11) is 0. The topological polar surface area (TPSA) is 27.0 Å². The molecule has 2 nitrogen and oxygen atoms in total. The summed E-state index contributed by atoms with van der Waals surface area (Å²) in [6, 6.07) is 2.19. The fourth-order valence-electron chi connectivity index (χ4n) is 1.90. The maximum absolute atomic E-state index is 8.35. The van der Waals surface area contributed by atoms with Crippen molar-refractivity contribution in [3.05, 3.63) is 0 Å². The van der Waals surface area contributed by atoms with Crippen LogP contribution in [0, 0.1) is 11.3 Å². The van der Waals surface area contributed by atoms with Crippen molar-refractivity contribution in [3.63, 3.8) is 0 Å². The first-order valence-corrected chi connectivity index (χ1v) is 5.53. The highest BCUT2D eigenvalue weighted by molar-refractivity contribution is 4.69. The van der Waals surface area contributed by atoms with Gasteiger partial charge in [-0.3, -0.25) is 0 Å². The van der Waals surface area contributed by atoms with Gasteiger partial charge in [0, 0.05) is 6.42 Å². The summed E-state index contributed by atoms with van der Waals surface area (Å²) in [5, 5.41) is 8.35. The molecule has 0 spiro atoms. The van der Waals surface area contributed by atoms with Crippen molar-refractivity contribution in [3.8, 4) is 6.07 Å². The van der Waals surface area contributed by atoms with E-state index >= 15 is 0 Å². The summed E-state index contributed by atoms with van der Waals surface area (Å²) in [4.78, 5) is 2.57. The molecule has 0 aromatic carbocycles. The number of rotatable bonds is 5. The molecule has 2 heteroatoms. The van der Waals surface area contributed by atoms with Gasteiger partial charge in [0.15, 0.2) is 0 Å². The van der Waals surface area contributed by atoms with Crippen molar-refractivity contribution in [2.45, 2.75) is 44.9 Å². The molecule has 0 saturated carbocycles. The maximum atomic E-state index is 8.35. The van der Waals surface area contributed by atoms with Crippen LogP contribution in [0.25, 0.3) is 0 Å². The van der Waals surface area contributed by atoms with Gasteiger partial charge < -0.3 is 4.90 Å². The fraction of sp³-hybridized carbons (Fsp3) is 0.909. The quantitative estimate of drug-likeness (QED) is 0.608. The molecule has 74 valence electrons. The molecule has 1 aliphatic heterocycles. The molecule has 0 bridgehead atoms. The van der Waals surface area contributed by atoms with Crippen LogP contribution in [0.5, 0.6) is 0 Å². The Labute approximate surface area is 81.5 Å². The maximum Gasteiger partial charge on any atom is 0.0621 e. The van der Waals surface area contributed by atoms with E-state index in [2.05, 4.69) is 11.0 Å². The molecule has 1 saturated heterocycles. The lowest BCUT2D eigenvalue weighted by Gasteiger charge is -2.26. The van der Waals surface area contributed by atoms with Crippen molar-refractivity contribution < 1.29 is 0 Å². The Kier molecular flexibility index (Phi) is 5.60. The van der Waals surface area contributed by atoms with E-state index < -0.39 is 0 Å². The van der Waals surface area contributed by atoms with Crippen molar-refractivity contribution in [1.29, 1.82) is 5.26 Å².